The Morgan fingerprint density at radius 2 is 2.00 bits per heavy atom. The van der Waals surface area contributed by atoms with Crippen LogP contribution in [0.3, 0.4) is 0 Å². The molecule has 0 radical (unpaired) electrons. The molecule has 0 heterocycles. The fourth-order valence-electron chi connectivity index (χ4n) is 1.14. The molecule has 0 saturated carbocycles. The van der Waals surface area contributed by atoms with Crippen LogP contribution in [-0.2, 0) is 4.74 Å². The highest BCUT2D eigenvalue weighted by atomic mass is 32.1. The second kappa shape index (κ2) is 7.47. The van der Waals surface area contributed by atoms with Gasteiger partial charge in [-0.2, -0.15) is 8.78 Å². The van der Waals surface area contributed by atoms with Gasteiger partial charge in [-0.1, -0.05) is 0 Å². The SMILES string of the molecule is CCOC(=O)NC(=S)Nc1ccc(OC(F)F)cc1. The van der Waals surface area contributed by atoms with E-state index in [1.54, 1.807) is 6.92 Å². The average molecular weight is 290 g/mol. The number of benzene rings is 1. The zero-order valence-corrected chi connectivity index (χ0v) is 10.8. The minimum atomic E-state index is -2.87. The van der Waals surface area contributed by atoms with Crippen molar-refractivity contribution < 1.29 is 23.0 Å². The third-order valence-corrected chi connectivity index (χ3v) is 2.03. The van der Waals surface area contributed by atoms with Gasteiger partial charge < -0.3 is 14.8 Å². The molecule has 0 saturated heterocycles. The highest BCUT2D eigenvalue weighted by Gasteiger charge is 2.06. The normalized spacial score (nSPS) is 9.89. The summed E-state index contributed by atoms with van der Waals surface area (Å²) in [6, 6.07) is 5.66. The van der Waals surface area contributed by atoms with Crippen LogP contribution in [0.5, 0.6) is 5.75 Å². The second-order valence-corrected chi connectivity index (χ2v) is 3.61. The molecule has 0 atom stereocenters. The van der Waals surface area contributed by atoms with Crippen molar-refractivity contribution >= 4 is 29.1 Å². The summed E-state index contributed by atoms with van der Waals surface area (Å²) in [6.45, 7) is -0.975. The number of thiocarbonyl (C=S) groups is 1. The van der Waals surface area contributed by atoms with E-state index < -0.39 is 12.7 Å². The van der Waals surface area contributed by atoms with Gasteiger partial charge in [0.15, 0.2) is 5.11 Å². The summed E-state index contributed by atoms with van der Waals surface area (Å²) < 4.78 is 32.7. The van der Waals surface area contributed by atoms with Gasteiger partial charge >= 0.3 is 12.7 Å². The van der Waals surface area contributed by atoms with Crippen molar-refractivity contribution in [1.82, 2.24) is 5.32 Å². The van der Waals surface area contributed by atoms with Crippen molar-refractivity contribution in [3.8, 4) is 5.75 Å². The van der Waals surface area contributed by atoms with E-state index in [9.17, 15) is 13.6 Å². The van der Waals surface area contributed by atoms with Crippen molar-refractivity contribution in [2.24, 2.45) is 0 Å². The summed E-state index contributed by atoms with van der Waals surface area (Å²) >= 11 is 4.85. The Balaban J connectivity index is 2.48. The van der Waals surface area contributed by atoms with Gasteiger partial charge in [0, 0.05) is 5.69 Å². The quantitative estimate of drug-likeness (QED) is 0.835. The Bertz CT molecular complexity index is 440. The van der Waals surface area contributed by atoms with E-state index in [2.05, 4.69) is 20.1 Å². The number of hydrogen-bond acceptors (Lipinski definition) is 4. The Kier molecular flexibility index (Phi) is 5.94. The number of rotatable bonds is 4. The lowest BCUT2D eigenvalue weighted by Crippen LogP contribution is -2.34. The van der Waals surface area contributed by atoms with Gasteiger partial charge in [0.25, 0.3) is 0 Å². The number of hydrogen-bond donors (Lipinski definition) is 2. The lowest BCUT2D eigenvalue weighted by atomic mass is 10.3. The van der Waals surface area contributed by atoms with Crippen LogP contribution in [0.1, 0.15) is 6.92 Å². The number of alkyl carbamates (subject to hydrolysis) is 1. The molecule has 1 aromatic carbocycles. The van der Waals surface area contributed by atoms with E-state index in [4.69, 9.17) is 12.2 Å². The molecule has 5 nitrogen and oxygen atoms in total. The first-order chi connectivity index (χ1) is 9.01. The van der Waals surface area contributed by atoms with Crippen molar-refractivity contribution in [2.75, 3.05) is 11.9 Å². The average Bonchev–Trinajstić information content (AvgIpc) is 2.31. The van der Waals surface area contributed by atoms with Crippen LogP contribution in [0.4, 0.5) is 19.3 Å². The van der Waals surface area contributed by atoms with Crippen LogP contribution in [0.2, 0.25) is 0 Å². The maximum Gasteiger partial charge on any atom is 0.413 e. The number of anilines is 1. The second-order valence-electron chi connectivity index (χ2n) is 3.20. The van der Waals surface area contributed by atoms with E-state index in [0.29, 0.717) is 5.69 Å². The fraction of sp³-hybridized carbons (Fsp3) is 0.273. The molecule has 104 valence electrons. The fourth-order valence-corrected chi connectivity index (χ4v) is 1.34. The van der Waals surface area contributed by atoms with Crippen LogP contribution >= 0.6 is 12.2 Å². The zero-order chi connectivity index (χ0) is 14.3. The Hall–Kier alpha value is -1.96. The maximum atomic E-state index is 11.9. The largest absolute Gasteiger partial charge is 0.450 e. The molecule has 0 fully saturated rings. The van der Waals surface area contributed by atoms with Crippen molar-refractivity contribution in [1.29, 1.82) is 0 Å². The van der Waals surface area contributed by atoms with Gasteiger partial charge in [0.1, 0.15) is 5.75 Å². The Labute approximate surface area is 113 Å². The van der Waals surface area contributed by atoms with Gasteiger partial charge in [0.05, 0.1) is 6.61 Å². The van der Waals surface area contributed by atoms with Gasteiger partial charge in [-0.25, -0.2) is 4.79 Å². The minimum Gasteiger partial charge on any atom is -0.450 e. The standard InChI is InChI=1S/C11H12F2N2O3S/c1-2-17-11(16)15-10(19)14-7-3-5-8(6-4-7)18-9(12)13/h3-6,9H,2H2,1H3,(H2,14,15,16,19). The van der Waals surface area contributed by atoms with Crippen LogP contribution < -0.4 is 15.4 Å². The molecule has 1 amide bonds. The number of ether oxygens (including phenoxy) is 2. The molecule has 0 aliphatic rings. The molecule has 0 aliphatic carbocycles. The molecule has 19 heavy (non-hydrogen) atoms. The van der Waals surface area contributed by atoms with Crippen LogP contribution in [-0.4, -0.2) is 24.4 Å². The number of carbonyl (C=O) groups is 1. The first-order valence-electron chi connectivity index (χ1n) is 5.31. The van der Waals surface area contributed by atoms with Gasteiger partial charge in [0.2, 0.25) is 0 Å². The molecule has 0 unspecified atom stereocenters. The first-order valence-corrected chi connectivity index (χ1v) is 5.71. The van der Waals surface area contributed by atoms with Crippen LogP contribution in [0.15, 0.2) is 24.3 Å². The van der Waals surface area contributed by atoms with Gasteiger partial charge in [-0.15, -0.1) is 0 Å². The Morgan fingerprint density at radius 3 is 2.53 bits per heavy atom. The van der Waals surface area contributed by atoms with Crippen molar-refractivity contribution in [2.45, 2.75) is 13.5 Å². The molecule has 0 bridgehead atoms. The maximum absolute atomic E-state index is 11.9. The number of halogens is 2. The summed E-state index contributed by atoms with van der Waals surface area (Å²) in [5.41, 5.74) is 0.517. The highest BCUT2D eigenvalue weighted by molar-refractivity contribution is 7.80. The van der Waals surface area contributed by atoms with E-state index >= 15 is 0 Å². The predicted octanol–water partition coefficient (Wildman–Crippen LogP) is 2.73. The molecule has 1 aromatic rings. The monoisotopic (exact) mass is 290 g/mol. The van der Waals surface area contributed by atoms with E-state index in [-0.39, 0.29) is 17.5 Å². The molecule has 0 aliphatic heterocycles. The first kappa shape index (κ1) is 15.1. The summed E-state index contributed by atoms with van der Waals surface area (Å²) in [5.74, 6) is 0.0322. The molecule has 0 spiro atoms. The van der Waals surface area contributed by atoms with Crippen molar-refractivity contribution in [3.63, 3.8) is 0 Å². The minimum absolute atomic E-state index is 0.0322. The lowest BCUT2D eigenvalue weighted by Gasteiger charge is -2.10. The Morgan fingerprint density at radius 1 is 1.37 bits per heavy atom. The van der Waals surface area contributed by atoms with Crippen LogP contribution in [0, 0.1) is 0 Å². The summed E-state index contributed by atoms with van der Waals surface area (Å²) in [5, 5.41) is 5.01. The topological polar surface area (TPSA) is 59.6 Å². The van der Waals surface area contributed by atoms with E-state index in [1.807, 2.05) is 0 Å². The molecular formula is C11H12F2N2O3S. The lowest BCUT2D eigenvalue weighted by molar-refractivity contribution is -0.0498. The summed E-state index contributed by atoms with van der Waals surface area (Å²) in [6.07, 6.45) is -0.669. The number of alkyl halides is 2. The number of amides is 1. The number of nitrogens with one attached hydrogen (secondary N) is 2. The third kappa shape index (κ3) is 5.96. The van der Waals surface area contributed by atoms with Gasteiger partial charge in [-0.3, -0.25) is 5.32 Å². The molecule has 2 N–H and O–H groups in total. The number of carbonyl (C=O) groups excluding carboxylic acids is 1. The summed E-state index contributed by atoms with van der Waals surface area (Å²) in [7, 11) is 0. The predicted molar refractivity (Wildman–Crippen MR) is 69.5 cm³/mol. The zero-order valence-electron chi connectivity index (χ0n) is 9.98. The van der Waals surface area contributed by atoms with E-state index in [1.165, 1.54) is 24.3 Å². The molecule has 8 heteroatoms. The van der Waals surface area contributed by atoms with Gasteiger partial charge in [-0.05, 0) is 43.4 Å². The summed E-state index contributed by atoms with van der Waals surface area (Å²) in [4.78, 5) is 11.1. The van der Waals surface area contributed by atoms with Crippen molar-refractivity contribution in [3.05, 3.63) is 24.3 Å². The molecular weight excluding hydrogens is 278 g/mol. The third-order valence-electron chi connectivity index (χ3n) is 1.83. The van der Waals surface area contributed by atoms with E-state index in [0.717, 1.165) is 0 Å². The molecule has 0 aromatic heterocycles. The van der Waals surface area contributed by atoms with Crippen LogP contribution in [0.25, 0.3) is 0 Å². The highest BCUT2D eigenvalue weighted by Crippen LogP contribution is 2.17. The molecule has 1 rings (SSSR count). The smallest absolute Gasteiger partial charge is 0.413 e.